The third-order valence-electron chi connectivity index (χ3n) is 2.29. The average molecular weight is 277 g/mol. The maximum atomic E-state index is 11.7. The summed E-state index contributed by atoms with van der Waals surface area (Å²) in [7, 11) is 1.45. The van der Waals surface area contributed by atoms with Crippen molar-refractivity contribution in [1.82, 2.24) is 5.32 Å². The number of esters is 1. The second-order valence-electron chi connectivity index (χ2n) is 3.83. The number of carbonyl (C=O) groups excluding carboxylic acids is 2. The predicted octanol–water partition coefficient (Wildman–Crippen LogP) is 0.464. The first-order valence-electron chi connectivity index (χ1n) is 5.82. The zero-order valence-electron chi connectivity index (χ0n) is 11.0. The van der Waals surface area contributed by atoms with E-state index in [1.165, 1.54) is 19.2 Å². The van der Waals surface area contributed by atoms with Gasteiger partial charge in [0.05, 0.1) is 25.2 Å². The highest BCUT2D eigenvalue weighted by molar-refractivity contribution is 5.92. The standard InChI is InChI=1S/C13H15N3O4/c1-19-11-6-9(5-10(15)7-11)13(18)20-8-12(17)16-4-2-3-14/h5-7H,2,4,8,15H2,1H3,(H,16,17). The molecule has 1 amide bonds. The molecular formula is C13H15N3O4. The van der Waals surface area contributed by atoms with Crippen LogP contribution in [-0.4, -0.2) is 32.1 Å². The number of benzene rings is 1. The Hall–Kier alpha value is -2.75. The Labute approximate surface area is 116 Å². The van der Waals surface area contributed by atoms with E-state index in [4.69, 9.17) is 20.5 Å². The Bertz CT molecular complexity index is 537. The van der Waals surface area contributed by atoms with Crippen LogP contribution in [0.15, 0.2) is 18.2 Å². The van der Waals surface area contributed by atoms with Gasteiger partial charge in [0.25, 0.3) is 5.91 Å². The van der Waals surface area contributed by atoms with E-state index in [9.17, 15) is 9.59 Å². The topological polar surface area (TPSA) is 114 Å². The van der Waals surface area contributed by atoms with Crippen molar-refractivity contribution in [1.29, 1.82) is 5.26 Å². The molecule has 0 fully saturated rings. The van der Waals surface area contributed by atoms with Gasteiger partial charge in [-0.3, -0.25) is 4.79 Å². The second-order valence-corrected chi connectivity index (χ2v) is 3.83. The Morgan fingerprint density at radius 2 is 2.15 bits per heavy atom. The summed E-state index contributed by atoms with van der Waals surface area (Å²) < 4.78 is 9.81. The Balaban J connectivity index is 2.53. The van der Waals surface area contributed by atoms with Crippen molar-refractivity contribution >= 4 is 17.6 Å². The molecule has 20 heavy (non-hydrogen) atoms. The molecule has 0 radical (unpaired) electrons. The maximum absolute atomic E-state index is 11.7. The number of methoxy groups -OCH3 is 1. The van der Waals surface area contributed by atoms with E-state index >= 15 is 0 Å². The fourth-order valence-corrected chi connectivity index (χ4v) is 1.38. The Morgan fingerprint density at radius 1 is 1.40 bits per heavy atom. The number of nitrogens with one attached hydrogen (secondary N) is 1. The number of hydrogen-bond donors (Lipinski definition) is 2. The molecule has 1 aromatic carbocycles. The van der Waals surface area contributed by atoms with Gasteiger partial charge in [-0.25, -0.2) is 4.79 Å². The summed E-state index contributed by atoms with van der Waals surface area (Å²) in [6.45, 7) is -0.194. The molecule has 1 rings (SSSR count). The van der Waals surface area contributed by atoms with Crippen molar-refractivity contribution in [2.75, 3.05) is 26.0 Å². The summed E-state index contributed by atoms with van der Waals surface area (Å²) in [6.07, 6.45) is 0.201. The van der Waals surface area contributed by atoms with Crippen LogP contribution in [0.4, 0.5) is 5.69 Å². The molecule has 106 valence electrons. The molecule has 0 atom stereocenters. The predicted molar refractivity (Wildman–Crippen MR) is 70.9 cm³/mol. The lowest BCUT2D eigenvalue weighted by molar-refractivity contribution is -0.124. The van der Waals surface area contributed by atoms with Crippen LogP contribution in [0.5, 0.6) is 5.75 Å². The van der Waals surface area contributed by atoms with Gasteiger partial charge in [0.15, 0.2) is 6.61 Å². The van der Waals surface area contributed by atoms with E-state index in [0.717, 1.165) is 0 Å². The number of ether oxygens (including phenoxy) is 2. The fraction of sp³-hybridized carbons (Fsp3) is 0.308. The number of nitrogen functional groups attached to an aromatic ring is 1. The van der Waals surface area contributed by atoms with Gasteiger partial charge in [-0.15, -0.1) is 0 Å². The molecule has 0 unspecified atom stereocenters. The molecule has 0 heterocycles. The molecule has 1 aromatic rings. The third kappa shape index (κ3) is 4.86. The first-order valence-corrected chi connectivity index (χ1v) is 5.82. The minimum Gasteiger partial charge on any atom is -0.497 e. The molecule has 0 spiro atoms. The summed E-state index contributed by atoms with van der Waals surface area (Å²) in [5, 5.41) is 10.7. The van der Waals surface area contributed by atoms with Gasteiger partial charge in [-0.1, -0.05) is 0 Å². The number of anilines is 1. The number of nitriles is 1. The largest absolute Gasteiger partial charge is 0.497 e. The number of nitrogens with zero attached hydrogens (tertiary/aromatic N) is 1. The SMILES string of the molecule is COc1cc(N)cc(C(=O)OCC(=O)NCCC#N)c1. The van der Waals surface area contributed by atoms with Gasteiger partial charge in [-0.2, -0.15) is 5.26 Å². The van der Waals surface area contributed by atoms with E-state index in [-0.39, 0.29) is 18.5 Å². The van der Waals surface area contributed by atoms with Crippen LogP contribution in [0.2, 0.25) is 0 Å². The summed E-state index contributed by atoms with van der Waals surface area (Å²) >= 11 is 0. The molecule has 0 aromatic heterocycles. The van der Waals surface area contributed by atoms with E-state index in [1.54, 1.807) is 6.07 Å². The van der Waals surface area contributed by atoms with E-state index in [0.29, 0.717) is 11.4 Å². The molecule has 0 aliphatic carbocycles. The average Bonchev–Trinajstić information content (AvgIpc) is 2.44. The van der Waals surface area contributed by atoms with Crippen molar-refractivity contribution in [3.8, 4) is 11.8 Å². The Kier molecular flexibility index (Phi) is 5.84. The molecule has 3 N–H and O–H groups in total. The van der Waals surface area contributed by atoms with Gasteiger partial charge in [0.1, 0.15) is 5.75 Å². The summed E-state index contributed by atoms with van der Waals surface area (Å²) in [5.41, 5.74) is 6.17. The van der Waals surface area contributed by atoms with Crippen molar-refractivity contribution in [2.45, 2.75) is 6.42 Å². The van der Waals surface area contributed by atoms with Gasteiger partial charge in [-0.05, 0) is 12.1 Å². The molecule has 0 saturated heterocycles. The zero-order chi connectivity index (χ0) is 15.0. The molecule has 7 nitrogen and oxygen atoms in total. The molecule has 0 bridgehead atoms. The van der Waals surface area contributed by atoms with Crippen LogP contribution in [0.3, 0.4) is 0 Å². The molecule has 0 aliphatic heterocycles. The Morgan fingerprint density at radius 3 is 2.80 bits per heavy atom. The van der Waals surface area contributed by atoms with Gasteiger partial charge < -0.3 is 20.5 Å². The number of nitrogens with two attached hydrogens (primary N) is 1. The normalized spacial score (nSPS) is 9.40. The van der Waals surface area contributed by atoms with Crippen molar-refractivity contribution in [2.24, 2.45) is 0 Å². The molecule has 7 heteroatoms. The van der Waals surface area contributed by atoms with Crippen molar-refractivity contribution < 1.29 is 19.1 Å². The van der Waals surface area contributed by atoms with Crippen LogP contribution in [0, 0.1) is 11.3 Å². The van der Waals surface area contributed by atoms with Crippen LogP contribution >= 0.6 is 0 Å². The highest BCUT2D eigenvalue weighted by Gasteiger charge is 2.12. The summed E-state index contributed by atoms with van der Waals surface area (Å²) in [6, 6.07) is 6.34. The zero-order valence-corrected chi connectivity index (χ0v) is 11.0. The van der Waals surface area contributed by atoms with E-state index < -0.39 is 18.5 Å². The summed E-state index contributed by atoms with van der Waals surface area (Å²) in [4.78, 5) is 23.0. The number of carbonyl (C=O) groups is 2. The van der Waals surface area contributed by atoms with Crippen LogP contribution in [-0.2, 0) is 9.53 Å². The van der Waals surface area contributed by atoms with Gasteiger partial charge >= 0.3 is 5.97 Å². The quantitative estimate of drug-likeness (QED) is 0.443. The lowest BCUT2D eigenvalue weighted by Gasteiger charge is -2.07. The third-order valence-corrected chi connectivity index (χ3v) is 2.29. The number of hydrogen-bond acceptors (Lipinski definition) is 6. The monoisotopic (exact) mass is 277 g/mol. The van der Waals surface area contributed by atoms with Crippen LogP contribution in [0.25, 0.3) is 0 Å². The molecular weight excluding hydrogens is 262 g/mol. The van der Waals surface area contributed by atoms with E-state index in [2.05, 4.69) is 5.32 Å². The molecule has 0 saturated carbocycles. The van der Waals surface area contributed by atoms with Crippen LogP contribution in [0.1, 0.15) is 16.8 Å². The second kappa shape index (κ2) is 7.63. The highest BCUT2D eigenvalue weighted by Crippen LogP contribution is 2.18. The van der Waals surface area contributed by atoms with Crippen molar-refractivity contribution in [3.63, 3.8) is 0 Å². The minimum absolute atomic E-state index is 0.201. The van der Waals surface area contributed by atoms with Crippen molar-refractivity contribution in [3.05, 3.63) is 23.8 Å². The number of amides is 1. The fourth-order valence-electron chi connectivity index (χ4n) is 1.38. The lowest BCUT2D eigenvalue weighted by atomic mass is 10.2. The summed E-state index contributed by atoms with van der Waals surface area (Å²) in [5.74, 6) is -0.717. The minimum atomic E-state index is -0.675. The molecule has 0 aliphatic rings. The van der Waals surface area contributed by atoms with Gasteiger partial charge in [0, 0.05) is 18.3 Å². The highest BCUT2D eigenvalue weighted by atomic mass is 16.5. The number of rotatable bonds is 6. The van der Waals surface area contributed by atoms with Gasteiger partial charge in [0.2, 0.25) is 0 Å². The first-order chi connectivity index (χ1) is 9.56. The maximum Gasteiger partial charge on any atom is 0.338 e. The van der Waals surface area contributed by atoms with Crippen LogP contribution < -0.4 is 15.8 Å². The van der Waals surface area contributed by atoms with E-state index in [1.807, 2.05) is 6.07 Å². The smallest absolute Gasteiger partial charge is 0.338 e. The lowest BCUT2D eigenvalue weighted by Crippen LogP contribution is -2.29. The first kappa shape index (κ1) is 15.3.